The van der Waals surface area contributed by atoms with Crippen molar-refractivity contribution >= 4 is 5.91 Å². The highest BCUT2D eigenvalue weighted by molar-refractivity contribution is 5.81. The number of nitrogens with one attached hydrogen (secondary N) is 2. The lowest BCUT2D eigenvalue weighted by molar-refractivity contribution is -0.139. The Morgan fingerprint density at radius 2 is 2.16 bits per heavy atom. The van der Waals surface area contributed by atoms with Gasteiger partial charge in [-0.2, -0.15) is 0 Å². The standard InChI is InChI=1S/C20H31N3O2/c1-20(2)9-6-10-21-18(20)13-22-19(24)17-15-23(11-12-25-17)14-16-7-4-3-5-8-16/h3-5,7-8,17-18,21H,6,9-15H2,1-2H3,(H,22,24). The van der Waals surface area contributed by atoms with Crippen molar-refractivity contribution in [3.8, 4) is 0 Å². The average Bonchev–Trinajstić information content (AvgIpc) is 2.61. The second-order valence-electron chi connectivity index (χ2n) is 7.92. The molecule has 2 saturated heterocycles. The minimum absolute atomic E-state index is 0.0148. The van der Waals surface area contributed by atoms with E-state index in [9.17, 15) is 4.79 Å². The smallest absolute Gasteiger partial charge is 0.250 e. The van der Waals surface area contributed by atoms with Crippen molar-refractivity contribution in [3.63, 3.8) is 0 Å². The van der Waals surface area contributed by atoms with Gasteiger partial charge in [0.15, 0.2) is 0 Å². The Hall–Kier alpha value is -1.43. The maximum Gasteiger partial charge on any atom is 0.250 e. The highest BCUT2D eigenvalue weighted by atomic mass is 16.5. The number of piperidine rings is 1. The molecule has 2 fully saturated rings. The van der Waals surface area contributed by atoms with E-state index in [-0.39, 0.29) is 17.4 Å². The molecule has 5 heteroatoms. The monoisotopic (exact) mass is 345 g/mol. The third-order valence-corrected chi connectivity index (χ3v) is 5.50. The minimum atomic E-state index is -0.371. The Bertz CT molecular complexity index is 561. The van der Waals surface area contributed by atoms with Crippen LogP contribution < -0.4 is 10.6 Å². The lowest BCUT2D eigenvalue weighted by atomic mass is 9.77. The predicted octanol–water partition coefficient (Wildman–Crippen LogP) is 1.78. The Morgan fingerprint density at radius 3 is 2.92 bits per heavy atom. The molecule has 2 N–H and O–H groups in total. The quantitative estimate of drug-likeness (QED) is 0.854. The molecule has 3 rings (SSSR count). The van der Waals surface area contributed by atoms with Gasteiger partial charge in [0.25, 0.3) is 5.91 Å². The average molecular weight is 345 g/mol. The largest absolute Gasteiger partial charge is 0.366 e. The van der Waals surface area contributed by atoms with Crippen LogP contribution in [0.1, 0.15) is 32.3 Å². The van der Waals surface area contributed by atoms with Crippen molar-refractivity contribution in [1.29, 1.82) is 0 Å². The summed E-state index contributed by atoms with van der Waals surface area (Å²) in [5.41, 5.74) is 1.50. The van der Waals surface area contributed by atoms with E-state index in [0.717, 1.165) is 19.6 Å². The van der Waals surface area contributed by atoms with Crippen LogP contribution in [0.2, 0.25) is 0 Å². The fourth-order valence-corrected chi connectivity index (χ4v) is 3.78. The summed E-state index contributed by atoms with van der Waals surface area (Å²) in [7, 11) is 0. The van der Waals surface area contributed by atoms with E-state index >= 15 is 0 Å². The van der Waals surface area contributed by atoms with Gasteiger partial charge in [0.1, 0.15) is 6.10 Å². The molecule has 138 valence electrons. The molecule has 2 aliphatic heterocycles. The molecule has 2 atom stereocenters. The second-order valence-corrected chi connectivity index (χ2v) is 7.92. The van der Waals surface area contributed by atoms with Crippen molar-refractivity contribution in [3.05, 3.63) is 35.9 Å². The number of ether oxygens (including phenoxy) is 1. The van der Waals surface area contributed by atoms with Gasteiger partial charge in [-0.25, -0.2) is 0 Å². The molecule has 0 radical (unpaired) electrons. The fourth-order valence-electron chi connectivity index (χ4n) is 3.78. The highest BCUT2D eigenvalue weighted by Gasteiger charge is 2.33. The first-order valence-electron chi connectivity index (χ1n) is 9.43. The summed E-state index contributed by atoms with van der Waals surface area (Å²) in [6, 6.07) is 10.7. The van der Waals surface area contributed by atoms with Crippen LogP contribution in [-0.2, 0) is 16.1 Å². The third kappa shape index (κ3) is 5.03. The molecule has 1 aromatic rings. The summed E-state index contributed by atoms with van der Waals surface area (Å²) >= 11 is 0. The summed E-state index contributed by atoms with van der Waals surface area (Å²) in [5.74, 6) is 0.0148. The molecule has 1 amide bonds. The number of carbonyl (C=O) groups excluding carboxylic acids is 1. The van der Waals surface area contributed by atoms with E-state index in [1.165, 1.54) is 18.4 Å². The van der Waals surface area contributed by atoms with Crippen LogP contribution in [0.4, 0.5) is 0 Å². The number of amides is 1. The topological polar surface area (TPSA) is 53.6 Å². The number of morpholine rings is 1. The summed E-state index contributed by atoms with van der Waals surface area (Å²) in [5, 5.41) is 6.65. The Kier molecular flexibility index (Phi) is 6.10. The van der Waals surface area contributed by atoms with Gasteiger partial charge in [-0.05, 0) is 30.4 Å². The van der Waals surface area contributed by atoms with Gasteiger partial charge >= 0.3 is 0 Å². The van der Waals surface area contributed by atoms with Gasteiger partial charge in [0, 0.05) is 32.2 Å². The van der Waals surface area contributed by atoms with E-state index in [0.29, 0.717) is 25.7 Å². The van der Waals surface area contributed by atoms with Crippen molar-refractivity contribution < 1.29 is 9.53 Å². The van der Waals surface area contributed by atoms with Crippen LogP contribution in [0.25, 0.3) is 0 Å². The lowest BCUT2D eigenvalue weighted by Crippen LogP contribution is -2.55. The number of carbonyl (C=O) groups is 1. The molecule has 2 aliphatic rings. The van der Waals surface area contributed by atoms with Crippen molar-refractivity contribution in [1.82, 2.24) is 15.5 Å². The Morgan fingerprint density at radius 1 is 1.36 bits per heavy atom. The Balaban J connectivity index is 1.48. The van der Waals surface area contributed by atoms with Gasteiger partial charge in [0.2, 0.25) is 0 Å². The highest BCUT2D eigenvalue weighted by Crippen LogP contribution is 2.29. The van der Waals surface area contributed by atoms with Gasteiger partial charge in [-0.3, -0.25) is 9.69 Å². The second kappa shape index (κ2) is 8.30. The van der Waals surface area contributed by atoms with E-state index in [4.69, 9.17) is 4.74 Å². The van der Waals surface area contributed by atoms with Crippen LogP contribution in [0.15, 0.2) is 30.3 Å². The zero-order valence-corrected chi connectivity index (χ0v) is 15.5. The maximum absolute atomic E-state index is 12.6. The van der Waals surface area contributed by atoms with Crippen LogP contribution in [0.3, 0.4) is 0 Å². The molecular weight excluding hydrogens is 314 g/mol. The SMILES string of the molecule is CC1(C)CCCNC1CNC(=O)C1CN(Cc2ccccc2)CCO1. The van der Waals surface area contributed by atoms with E-state index < -0.39 is 0 Å². The van der Waals surface area contributed by atoms with E-state index in [1.807, 2.05) is 6.07 Å². The van der Waals surface area contributed by atoms with Crippen LogP contribution in [0.5, 0.6) is 0 Å². The first kappa shape index (κ1) is 18.4. The summed E-state index contributed by atoms with van der Waals surface area (Å²) in [6.45, 7) is 9.25. The molecule has 0 bridgehead atoms. The van der Waals surface area contributed by atoms with Crippen molar-refractivity contribution in [2.75, 3.05) is 32.8 Å². The van der Waals surface area contributed by atoms with Crippen molar-refractivity contribution in [2.45, 2.75) is 45.4 Å². The number of nitrogens with zero attached hydrogens (tertiary/aromatic N) is 1. The first-order chi connectivity index (χ1) is 12.0. The first-order valence-corrected chi connectivity index (χ1v) is 9.43. The van der Waals surface area contributed by atoms with Gasteiger partial charge in [-0.15, -0.1) is 0 Å². The fraction of sp³-hybridized carbons (Fsp3) is 0.650. The Labute approximate surface area is 151 Å². The predicted molar refractivity (Wildman–Crippen MR) is 99.3 cm³/mol. The zero-order chi connectivity index (χ0) is 17.7. The zero-order valence-electron chi connectivity index (χ0n) is 15.5. The molecular formula is C20H31N3O2. The van der Waals surface area contributed by atoms with Crippen LogP contribution in [0, 0.1) is 5.41 Å². The summed E-state index contributed by atoms with van der Waals surface area (Å²) in [6.07, 6.45) is 2.03. The van der Waals surface area contributed by atoms with Gasteiger partial charge < -0.3 is 15.4 Å². The number of benzene rings is 1. The summed E-state index contributed by atoms with van der Waals surface area (Å²) < 4.78 is 5.73. The van der Waals surface area contributed by atoms with E-state index in [1.54, 1.807) is 0 Å². The van der Waals surface area contributed by atoms with E-state index in [2.05, 4.69) is 53.6 Å². The molecule has 2 unspecified atom stereocenters. The maximum atomic E-state index is 12.6. The molecule has 0 spiro atoms. The molecule has 1 aromatic carbocycles. The van der Waals surface area contributed by atoms with Crippen molar-refractivity contribution in [2.24, 2.45) is 5.41 Å². The van der Waals surface area contributed by atoms with Crippen LogP contribution >= 0.6 is 0 Å². The lowest BCUT2D eigenvalue weighted by Gasteiger charge is -2.40. The van der Waals surface area contributed by atoms with Gasteiger partial charge in [0.05, 0.1) is 6.61 Å². The molecule has 0 saturated carbocycles. The molecule has 25 heavy (non-hydrogen) atoms. The number of rotatable bonds is 5. The minimum Gasteiger partial charge on any atom is -0.366 e. The van der Waals surface area contributed by atoms with Gasteiger partial charge in [-0.1, -0.05) is 44.2 Å². The third-order valence-electron chi connectivity index (χ3n) is 5.50. The van der Waals surface area contributed by atoms with Crippen LogP contribution in [-0.4, -0.2) is 55.7 Å². The molecule has 2 heterocycles. The summed E-state index contributed by atoms with van der Waals surface area (Å²) in [4.78, 5) is 14.9. The number of hydrogen-bond acceptors (Lipinski definition) is 4. The normalized spacial score (nSPS) is 27.0. The molecule has 0 aromatic heterocycles. The molecule has 0 aliphatic carbocycles. The molecule has 5 nitrogen and oxygen atoms in total. The number of hydrogen-bond donors (Lipinski definition) is 2.